The largest absolute Gasteiger partial charge is 0.465 e. The Morgan fingerprint density at radius 1 is 0.966 bits per heavy atom. The molecular formula is C42H62F3N6O6P. The van der Waals surface area contributed by atoms with Crippen molar-refractivity contribution in [1.29, 1.82) is 0 Å². The van der Waals surface area contributed by atoms with Crippen LogP contribution < -0.4 is 10.8 Å². The summed E-state index contributed by atoms with van der Waals surface area (Å²) < 4.78 is 73.5. The number of unbranched alkanes of at least 4 members (excludes halogenated alkanes) is 18. The van der Waals surface area contributed by atoms with Gasteiger partial charge in [-0.25, -0.2) is 18.9 Å². The highest BCUT2D eigenvalue weighted by Crippen LogP contribution is 2.39. The molecule has 58 heavy (non-hydrogen) atoms. The summed E-state index contributed by atoms with van der Waals surface area (Å²) in [5.41, 5.74) is 4.23. The predicted molar refractivity (Wildman–Crippen MR) is 218 cm³/mol. The third-order valence-electron chi connectivity index (χ3n) is 10.6. The zero-order valence-electron chi connectivity index (χ0n) is 33.9. The first kappa shape index (κ1) is 47.1. The number of fused-ring (bicyclic) bond motifs is 1. The van der Waals surface area contributed by atoms with Crippen LogP contribution in [0.15, 0.2) is 24.5 Å². The molecule has 1 fully saturated rings. The number of carbonyl (C=O) groups is 1. The molecule has 1 aliphatic heterocycles. The second-order valence-electron chi connectivity index (χ2n) is 15.3. The number of aliphatic hydroxyl groups is 1. The van der Waals surface area contributed by atoms with Crippen LogP contribution in [0.4, 0.5) is 19.0 Å². The summed E-state index contributed by atoms with van der Waals surface area (Å²) in [4.78, 5) is 24.5. The predicted octanol–water partition coefficient (Wildman–Crippen LogP) is 9.06. The number of hydrogen-bond acceptors (Lipinski definition) is 10. The molecule has 0 bridgehead atoms. The third kappa shape index (κ3) is 15.2. The standard InChI is InChI=1S/C42H62F3N6O6P/c1-3-5-6-7-8-9-10-11-12-13-14-15-16-17-18-19-20-21-22-23-55-40(53)34(26-31-24-32(43)27-33(44)25-31)50-58(54)56-29-42(4-2)35(52)28-36(57-42)51-30-47-37-38(46)48-41(45)49-39(37)51/h2,24-25,27,30,34-36,52,58H,3,5-23,26,28-29H2,1H3,(H,50,54)(H2,46,48,49)/t34-,35-,36+,42+/m0/s1. The number of hydrogen-bond donors (Lipinski definition) is 3. The molecule has 0 spiro atoms. The van der Waals surface area contributed by atoms with Gasteiger partial charge in [0.2, 0.25) is 0 Å². The number of nitrogen functional groups attached to an aromatic ring is 1. The fourth-order valence-electron chi connectivity index (χ4n) is 7.31. The second kappa shape index (κ2) is 25.2. The number of nitrogens with one attached hydrogen (secondary N) is 1. The Morgan fingerprint density at radius 3 is 2.07 bits per heavy atom. The van der Waals surface area contributed by atoms with Gasteiger partial charge in [-0.1, -0.05) is 128 Å². The lowest BCUT2D eigenvalue weighted by atomic mass is 9.99. The first-order valence-electron chi connectivity index (χ1n) is 21.1. The van der Waals surface area contributed by atoms with Crippen molar-refractivity contribution in [1.82, 2.24) is 24.6 Å². The van der Waals surface area contributed by atoms with Crippen LogP contribution in [0.3, 0.4) is 0 Å². The van der Waals surface area contributed by atoms with Crippen LogP contribution >= 0.6 is 8.18 Å². The maximum Gasteiger partial charge on any atom is 0.323 e. The topological polar surface area (TPSA) is 164 Å². The molecule has 0 amide bonds. The molecule has 3 heterocycles. The van der Waals surface area contributed by atoms with E-state index in [9.17, 15) is 27.6 Å². The van der Waals surface area contributed by atoms with E-state index in [1.54, 1.807) is 0 Å². The van der Waals surface area contributed by atoms with E-state index in [0.717, 1.165) is 31.4 Å². The van der Waals surface area contributed by atoms with Crippen molar-refractivity contribution in [2.75, 3.05) is 18.9 Å². The molecule has 322 valence electrons. The maximum atomic E-state index is 14.0. The van der Waals surface area contributed by atoms with Crippen molar-refractivity contribution in [2.24, 2.45) is 0 Å². The number of aliphatic hydroxyl groups excluding tert-OH is 1. The van der Waals surface area contributed by atoms with Crippen molar-refractivity contribution in [3.05, 3.63) is 47.8 Å². The van der Waals surface area contributed by atoms with E-state index in [0.29, 0.717) is 12.5 Å². The molecule has 4 rings (SSSR count). The number of anilines is 1. The number of nitrogens with zero attached hydrogens (tertiary/aromatic N) is 4. The maximum absolute atomic E-state index is 14.0. The summed E-state index contributed by atoms with van der Waals surface area (Å²) in [6.07, 6.45) is 26.9. The Labute approximate surface area is 341 Å². The number of imidazole rings is 1. The summed E-state index contributed by atoms with van der Waals surface area (Å²) >= 11 is 0. The summed E-state index contributed by atoms with van der Waals surface area (Å²) in [5, 5.41) is 13.5. The van der Waals surface area contributed by atoms with Gasteiger partial charge in [0, 0.05) is 12.5 Å². The SMILES string of the molecule is C#C[C@]1(CO[PH](=O)N[C@@H](Cc2cc(F)cc(F)c2)C(=O)OCCCCCCCCCCCCCCCCCCCCC)O[C@@H](n2cnc3c(N)nc(F)nc32)C[C@@H]1O. The van der Waals surface area contributed by atoms with Gasteiger partial charge in [-0.05, 0) is 30.5 Å². The van der Waals surface area contributed by atoms with E-state index in [4.69, 9.17) is 26.2 Å². The van der Waals surface area contributed by atoms with Gasteiger partial charge in [0.1, 0.15) is 30.0 Å². The lowest BCUT2D eigenvalue weighted by Crippen LogP contribution is -2.43. The molecule has 0 aliphatic carbocycles. The summed E-state index contributed by atoms with van der Waals surface area (Å²) in [5.74, 6) is -0.252. The Hall–Kier alpha value is -3.54. The van der Waals surface area contributed by atoms with Crippen molar-refractivity contribution in [3.8, 4) is 12.3 Å². The number of carbonyl (C=O) groups excluding carboxylic acids is 1. The van der Waals surface area contributed by atoms with E-state index in [1.165, 1.54) is 107 Å². The van der Waals surface area contributed by atoms with Gasteiger partial charge in [-0.2, -0.15) is 14.4 Å². The van der Waals surface area contributed by atoms with Crippen LogP contribution in [0.5, 0.6) is 0 Å². The molecule has 0 saturated carbocycles. The van der Waals surface area contributed by atoms with Gasteiger partial charge >= 0.3 is 12.0 Å². The van der Waals surface area contributed by atoms with Crippen LogP contribution in [0.2, 0.25) is 0 Å². The quantitative estimate of drug-likeness (QED) is 0.0201. The highest BCUT2D eigenvalue weighted by atomic mass is 31.1. The first-order chi connectivity index (χ1) is 28.0. The summed E-state index contributed by atoms with van der Waals surface area (Å²) in [7, 11) is -3.29. The van der Waals surface area contributed by atoms with Crippen molar-refractivity contribution < 1.29 is 41.6 Å². The van der Waals surface area contributed by atoms with Crippen LogP contribution in [0.25, 0.3) is 11.2 Å². The Kier molecular flexibility index (Phi) is 20.5. The molecule has 12 nitrogen and oxygen atoms in total. The zero-order chi connectivity index (χ0) is 41.8. The van der Waals surface area contributed by atoms with Crippen LogP contribution in [0.1, 0.15) is 147 Å². The molecule has 0 radical (unpaired) electrons. The minimum atomic E-state index is -3.29. The fraction of sp³-hybridized carbons (Fsp3) is 0.667. The Balaban J connectivity index is 1.16. The van der Waals surface area contributed by atoms with Crippen LogP contribution in [-0.4, -0.2) is 61.6 Å². The van der Waals surface area contributed by atoms with Crippen LogP contribution in [0, 0.1) is 30.1 Å². The van der Waals surface area contributed by atoms with Gasteiger partial charge in [-0.15, -0.1) is 6.42 Å². The fourth-order valence-corrected chi connectivity index (χ4v) is 8.25. The molecule has 4 N–H and O–H groups in total. The number of rotatable bonds is 29. The van der Waals surface area contributed by atoms with Crippen molar-refractivity contribution >= 4 is 31.1 Å². The number of aromatic nitrogens is 4. The van der Waals surface area contributed by atoms with E-state index in [1.807, 2.05) is 0 Å². The minimum Gasteiger partial charge on any atom is -0.465 e. The molecule has 1 unspecified atom stereocenters. The summed E-state index contributed by atoms with van der Waals surface area (Å²) in [6, 6.07) is 1.57. The molecule has 16 heteroatoms. The van der Waals surface area contributed by atoms with Gasteiger partial charge < -0.3 is 24.8 Å². The molecule has 2 aromatic heterocycles. The molecular weight excluding hydrogens is 772 g/mol. The number of esters is 1. The Bertz CT molecular complexity index is 1760. The molecule has 3 aromatic rings. The number of nitrogens with two attached hydrogens (primary N) is 1. The summed E-state index contributed by atoms with van der Waals surface area (Å²) in [6.45, 7) is 1.81. The average Bonchev–Trinajstić information content (AvgIpc) is 3.76. The van der Waals surface area contributed by atoms with E-state index >= 15 is 0 Å². The highest BCUT2D eigenvalue weighted by molar-refractivity contribution is 7.36. The van der Waals surface area contributed by atoms with E-state index in [2.05, 4.69) is 32.9 Å². The normalized spacial score (nSPS) is 19.0. The smallest absolute Gasteiger partial charge is 0.323 e. The number of benzene rings is 1. The molecule has 1 aromatic carbocycles. The molecule has 1 aliphatic rings. The third-order valence-corrected chi connectivity index (χ3v) is 11.6. The first-order valence-corrected chi connectivity index (χ1v) is 22.4. The number of halogens is 3. The van der Waals surface area contributed by atoms with E-state index in [-0.39, 0.29) is 42.0 Å². The highest BCUT2D eigenvalue weighted by Gasteiger charge is 2.49. The van der Waals surface area contributed by atoms with Gasteiger partial charge in [0.05, 0.1) is 19.5 Å². The van der Waals surface area contributed by atoms with Crippen molar-refractivity contribution in [2.45, 2.75) is 166 Å². The number of terminal acetylenes is 1. The lowest BCUT2D eigenvalue weighted by Gasteiger charge is -2.26. The van der Waals surface area contributed by atoms with E-state index < -0.39 is 62.4 Å². The van der Waals surface area contributed by atoms with Gasteiger partial charge in [0.15, 0.2) is 22.6 Å². The lowest BCUT2D eigenvalue weighted by molar-refractivity contribution is -0.145. The van der Waals surface area contributed by atoms with Gasteiger partial charge in [0.25, 0.3) is 8.18 Å². The van der Waals surface area contributed by atoms with Crippen LogP contribution in [-0.2, 0) is 29.8 Å². The Morgan fingerprint density at radius 2 is 1.52 bits per heavy atom. The zero-order valence-corrected chi connectivity index (χ0v) is 34.9. The molecule has 1 saturated heterocycles. The second-order valence-corrected chi connectivity index (χ2v) is 16.5. The van der Waals surface area contributed by atoms with Gasteiger partial charge in [-0.3, -0.25) is 13.9 Å². The average molecular weight is 835 g/mol. The monoisotopic (exact) mass is 834 g/mol. The minimum absolute atomic E-state index is 0.0153. The number of ether oxygens (including phenoxy) is 2. The van der Waals surface area contributed by atoms with Crippen molar-refractivity contribution in [3.63, 3.8) is 0 Å². The molecule has 5 atom stereocenters.